The number of halogens is 1. The number of amides is 1. The summed E-state index contributed by atoms with van der Waals surface area (Å²) in [5, 5.41) is 3.02. The zero-order valence-electron chi connectivity index (χ0n) is 15.7. The van der Waals surface area contributed by atoms with Crippen molar-refractivity contribution in [2.45, 2.75) is 20.8 Å². The quantitative estimate of drug-likeness (QED) is 0.803. The van der Waals surface area contributed by atoms with Gasteiger partial charge in [0.15, 0.2) is 6.54 Å². The summed E-state index contributed by atoms with van der Waals surface area (Å²) in [6.45, 7) is 10.8. The van der Waals surface area contributed by atoms with Crippen molar-refractivity contribution < 1.29 is 9.69 Å². The van der Waals surface area contributed by atoms with Gasteiger partial charge in [-0.2, -0.15) is 0 Å². The number of nitrogens with one attached hydrogen (secondary N) is 2. The van der Waals surface area contributed by atoms with E-state index >= 15 is 0 Å². The Morgan fingerprint density at radius 3 is 2.46 bits per heavy atom. The summed E-state index contributed by atoms with van der Waals surface area (Å²) in [5.74, 6) is 0.0849. The monoisotopic (exact) mass is 416 g/mol. The van der Waals surface area contributed by atoms with Gasteiger partial charge in [0.1, 0.15) is 0 Å². The summed E-state index contributed by atoms with van der Waals surface area (Å²) in [4.78, 5) is 16.1. The lowest BCUT2D eigenvalue weighted by atomic mass is 10.1. The molecular formula is C21H27BrN3O+. The third-order valence-corrected chi connectivity index (χ3v) is 5.91. The molecule has 1 heterocycles. The first kappa shape index (κ1) is 18.9. The fourth-order valence-corrected chi connectivity index (χ4v) is 3.80. The van der Waals surface area contributed by atoms with Crippen LogP contribution in [-0.4, -0.2) is 38.6 Å². The summed E-state index contributed by atoms with van der Waals surface area (Å²) in [6, 6.07) is 12.5. The number of carbonyl (C=O) groups excluding carboxylic acids is 1. The number of piperazine rings is 1. The van der Waals surface area contributed by atoms with Gasteiger partial charge in [0.25, 0.3) is 5.91 Å². The topological polar surface area (TPSA) is 36.8 Å². The van der Waals surface area contributed by atoms with E-state index in [1.54, 1.807) is 0 Å². The smallest absolute Gasteiger partial charge is 0.279 e. The lowest BCUT2D eigenvalue weighted by Crippen LogP contribution is -3.15. The van der Waals surface area contributed by atoms with E-state index < -0.39 is 0 Å². The molecule has 138 valence electrons. The fourth-order valence-electron chi connectivity index (χ4n) is 3.56. The van der Waals surface area contributed by atoms with Crippen LogP contribution in [0.15, 0.2) is 40.9 Å². The highest BCUT2D eigenvalue weighted by Crippen LogP contribution is 2.21. The Hall–Kier alpha value is -1.85. The minimum absolute atomic E-state index is 0.0849. The van der Waals surface area contributed by atoms with E-state index in [0.29, 0.717) is 6.54 Å². The summed E-state index contributed by atoms with van der Waals surface area (Å²) >= 11 is 3.49. The second-order valence-electron chi connectivity index (χ2n) is 7.22. The molecule has 2 N–H and O–H groups in total. The predicted octanol–water partition coefficient (Wildman–Crippen LogP) is 2.72. The first-order valence-electron chi connectivity index (χ1n) is 9.14. The standard InChI is InChI=1S/C21H26BrN3O/c1-15-4-7-20(17(3)12-15)25-10-8-24(9-11-25)14-21(26)23-18-5-6-19(22)16(2)13-18/h4-7,12-13H,8-11,14H2,1-3H3,(H,23,26)/p+1. The lowest BCUT2D eigenvalue weighted by molar-refractivity contribution is -0.892. The molecule has 0 aliphatic carbocycles. The normalized spacial score (nSPS) is 15.2. The van der Waals surface area contributed by atoms with Gasteiger partial charge in [0.2, 0.25) is 0 Å². The predicted molar refractivity (Wildman–Crippen MR) is 111 cm³/mol. The maximum absolute atomic E-state index is 12.4. The van der Waals surface area contributed by atoms with Gasteiger partial charge in [-0.25, -0.2) is 0 Å². The third kappa shape index (κ3) is 4.65. The Bertz CT molecular complexity index is 798. The average molecular weight is 417 g/mol. The largest absolute Gasteiger partial charge is 0.360 e. The van der Waals surface area contributed by atoms with E-state index in [9.17, 15) is 4.79 Å². The van der Waals surface area contributed by atoms with Gasteiger partial charge in [-0.05, 0) is 56.2 Å². The highest BCUT2D eigenvalue weighted by Gasteiger charge is 2.23. The number of hydrogen-bond acceptors (Lipinski definition) is 2. The van der Waals surface area contributed by atoms with Crippen molar-refractivity contribution in [3.63, 3.8) is 0 Å². The molecule has 0 radical (unpaired) electrons. The Balaban J connectivity index is 1.51. The van der Waals surface area contributed by atoms with Crippen LogP contribution in [0.2, 0.25) is 0 Å². The molecule has 0 atom stereocenters. The third-order valence-electron chi connectivity index (χ3n) is 5.02. The van der Waals surface area contributed by atoms with Crippen LogP contribution in [0, 0.1) is 20.8 Å². The van der Waals surface area contributed by atoms with Gasteiger partial charge in [0, 0.05) is 15.8 Å². The Morgan fingerprint density at radius 2 is 1.81 bits per heavy atom. The van der Waals surface area contributed by atoms with Gasteiger partial charge in [0.05, 0.1) is 26.2 Å². The van der Waals surface area contributed by atoms with E-state index in [1.165, 1.54) is 21.7 Å². The minimum atomic E-state index is 0.0849. The molecule has 1 fully saturated rings. The molecule has 3 rings (SSSR count). The molecule has 0 saturated carbocycles. The van der Waals surface area contributed by atoms with Crippen LogP contribution in [0.1, 0.15) is 16.7 Å². The summed E-state index contributed by atoms with van der Waals surface area (Å²) in [6.07, 6.45) is 0. The highest BCUT2D eigenvalue weighted by molar-refractivity contribution is 9.10. The van der Waals surface area contributed by atoms with E-state index in [4.69, 9.17) is 0 Å². The van der Waals surface area contributed by atoms with Crippen molar-refractivity contribution in [3.05, 3.63) is 57.6 Å². The lowest BCUT2D eigenvalue weighted by Gasteiger charge is -2.34. The van der Waals surface area contributed by atoms with Crippen molar-refractivity contribution in [1.29, 1.82) is 0 Å². The summed E-state index contributed by atoms with van der Waals surface area (Å²) in [5.41, 5.74) is 5.94. The van der Waals surface area contributed by atoms with Crippen molar-refractivity contribution in [2.75, 3.05) is 42.9 Å². The molecular weight excluding hydrogens is 390 g/mol. The molecule has 4 nitrogen and oxygen atoms in total. The zero-order chi connectivity index (χ0) is 18.7. The maximum atomic E-state index is 12.4. The van der Waals surface area contributed by atoms with Gasteiger partial charge < -0.3 is 15.1 Å². The van der Waals surface area contributed by atoms with Crippen molar-refractivity contribution in [2.24, 2.45) is 0 Å². The van der Waals surface area contributed by atoms with Gasteiger partial charge >= 0.3 is 0 Å². The minimum Gasteiger partial charge on any atom is -0.360 e. The van der Waals surface area contributed by atoms with Crippen LogP contribution in [-0.2, 0) is 4.79 Å². The second-order valence-corrected chi connectivity index (χ2v) is 8.07. The molecule has 1 aliphatic rings. The van der Waals surface area contributed by atoms with E-state index in [0.717, 1.165) is 41.9 Å². The number of carbonyl (C=O) groups is 1. The molecule has 1 aliphatic heterocycles. The van der Waals surface area contributed by atoms with Crippen LogP contribution in [0.5, 0.6) is 0 Å². The summed E-state index contributed by atoms with van der Waals surface area (Å²) < 4.78 is 1.06. The van der Waals surface area contributed by atoms with Gasteiger partial charge in [-0.15, -0.1) is 0 Å². The van der Waals surface area contributed by atoms with Crippen LogP contribution in [0.25, 0.3) is 0 Å². The highest BCUT2D eigenvalue weighted by atomic mass is 79.9. The second kappa shape index (κ2) is 8.23. The maximum Gasteiger partial charge on any atom is 0.279 e. The number of rotatable bonds is 4. The number of quaternary nitrogens is 1. The molecule has 1 amide bonds. The Morgan fingerprint density at radius 1 is 1.08 bits per heavy atom. The van der Waals surface area contributed by atoms with Gasteiger partial charge in [-0.3, -0.25) is 4.79 Å². The number of anilines is 2. The Kier molecular flexibility index (Phi) is 5.99. The van der Waals surface area contributed by atoms with Crippen molar-refractivity contribution >= 4 is 33.2 Å². The zero-order valence-corrected chi connectivity index (χ0v) is 17.3. The van der Waals surface area contributed by atoms with Crippen molar-refractivity contribution in [3.8, 4) is 0 Å². The van der Waals surface area contributed by atoms with Crippen LogP contribution in [0.3, 0.4) is 0 Å². The average Bonchev–Trinajstić information content (AvgIpc) is 2.59. The Labute approximate surface area is 164 Å². The van der Waals surface area contributed by atoms with E-state index in [-0.39, 0.29) is 5.91 Å². The molecule has 0 spiro atoms. The summed E-state index contributed by atoms with van der Waals surface area (Å²) in [7, 11) is 0. The van der Waals surface area contributed by atoms with E-state index in [2.05, 4.69) is 58.2 Å². The van der Waals surface area contributed by atoms with Crippen molar-refractivity contribution in [1.82, 2.24) is 0 Å². The van der Waals surface area contributed by atoms with Crippen LogP contribution in [0.4, 0.5) is 11.4 Å². The molecule has 5 heteroatoms. The molecule has 0 aromatic heterocycles. The van der Waals surface area contributed by atoms with Crippen LogP contribution < -0.4 is 15.1 Å². The number of hydrogen-bond donors (Lipinski definition) is 2. The SMILES string of the molecule is Cc1ccc(N2CC[NH+](CC(=O)Nc3ccc(Br)c(C)c3)CC2)c(C)c1. The fraction of sp³-hybridized carbons (Fsp3) is 0.381. The van der Waals surface area contributed by atoms with E-state index in [1.807, 2.05) is 25.1 Å². The molecule has 0 bridgehead atoms. The first-order valence-corrected chi connectivity index (χ1v) is 9.93. The van der Waals surface area contributed by atoms with Gasteiger partial charge in [-0.1, -0.05) is 33.6 Å². The number of nitrogens with zero attached hydrogens (tertiary/aromatic N) is 1. The molecule has 0 unspecified atom stereocenters. The van der Waals surface area contributed by atoms with Crippen LogP contribution >= 0.6 is 15.9 Å². The molecule has 26 heavy (non-hydrogen) atoms. The molecule has 1 saturated heterocycles. The molecule has 2 aromatic rings. The number of benzene rings is 2. The molecule has 2 aromatic carbocycles. The first-order chi connectivity index (χ1) is 12.4. The number of aryl methyl sites for hydroxylation is 3.